The molecule has 0 spiro atoms. The van der Waals surface area contributed by atoms with E-state index in [-0.39, 0.29) is 0 Å². The molecular weight excluding hydrogens is 260 g/mol. The molecule has 1 fully saturated rings. The first-order valence-electron chi connectivity index (χ1n) is 7.70. The van der Waals surface area contributed by atoms with Crippen LogP contribution < -0.4 is 10.1 Å². The molecule has 1 saturated carbocycles. The van der Waals surface area contributed by atoms with Crippen molar-refractivity contribution in [1.29, 1.82) is 0 Å². The van der Waals surface area contributed by atoms with Gasteiger partial charge in [0.25, 0.3) is 0 Å². The molecule has 1 aromatic carbocycles. The first-order chi connectivity index (χ1) is 10.3. The standard InChI is InChI=1S/C18H22N2O/c1-3-21-18-7-5-4-6-16(18)17-11-8-14(13(2)20-17)12-19-15-9-10-15/h4-8,11,15,19H,3,9-10,12H2,1-2H3. The minimum absolute atomic E-state index is 0.666. The van der Waals surface area contributed by atoms with E-state index < -0.39 is 0 Å². The minimum Gasteiger partial charge on any atom is -0.493 e. The van der Waals surface area contributed by atoms with Crippen molar-refractivity contribution < 1.29 is 4.74 Å². The first-order valence-corrected chi connectivity index (χ1v) is 7.70. The van der Waals surface area contributed by atoms with Gasteiger partial charge in [0.05, 0.1) is 12.3 Å². The second-order valence-electron chi connectivity index (χ2n) is 5.53. The van der Waals surface area contributed by atoms with E-state index in [0.717, 1.165) is 35.3 Å². The normalized spacial score (nSPS) is 14.2. The lowest BCUT2D eigenvalue weighted by Gasteiger charge is -2.12. The molecule has 1 aliphatic rings. The van der Waals surface area contributed by atoms with Crippen molar-refractivity contribution >= 4 is 0 Å². The number of nitrogens with one attached hydrogen (secondary N) is 1. The number of aromatic nitrogens is 1. The monoisotopic (exact) mass is 282 g/mol. The predicted molar refractivity (Wildman–Crippen MR) is 85.4 cm³/mol. The van der Waals surface area contributed by atoms with Crippen molar-refractivity contribution in [2.45, 2.75) is 39.3 Å². The highest BCUT2D eigenvalue weighted by Crippen LogP contribution is 2.29. The second kappa shape index (κ2) is 6.27. The minimum atomic E-state index is 0.666. The van der Waals surface area contributed by atoms with Crippen LogP contribution in [0.3, 0.4) is 0 Å². The molecule has 3 nitrogen and oxygen atoms in total. The number of aryl methyl sites for hydroxylation is 1. The van der Waals surface area contributed by atoms with Crippen molar-refractivity contribution in [2.75, 3.05) is 6.61 Å². The number of hydrogen-bond donors (Lipinski definition) is 1. The molecule has 0 bridgehead atoms. The third-order valence-corrected chi connectivity index (χ3v) is 3.82. The molecule has 1 aliphatic carbocycles. The quantitative estimate of drug-likeness (QED) is 0.877. The van der Waals surface area contributed by atoms with Crippen LogP contribution in [-0.2, 0) is 6.54 Å². The zero-order valence-corrected chi connectivity index (χ0v) is 12.7. The molecule has 0 saturated heterocycles. The Morgan fingerprint density at radius 1 is 1.19 bits per heavy atom. The van der Waals surface area contributed by atoms with Crippen molar-refractivity contribution in [2.24, 2.45) is 0 Å². The molecule has 0 aliphatic heterocycles. The van der Waals surface area contributed by atoms with Crippen LogP contribution in [0.25, 0.3) is 11.3 Å². The van der Waals surface area contributed by atoms with Gasteiger partial charge in [-0.15, -0.1) is 0 Å². The Kier molecular flexibility index (Phi) is 4.20. The van der Waals surface area contributed by atoms with Crippen LogP contribution in [0.1, 0.15) is 31.0 Å². The highest BCUT2D eigenvalue weighted by Gasteiger charge is 2.20. The SMILES string of the molecule is CCOc1ccccc1-c1ccc(CNC2CC2)c(C)n1. The van der Waals surface area contributed by atoms with Crippen LogP contribution in [-0.4, -0.2) is 17.6 Å². The molecule has 3 rings (SSSR count). The van der Waals surface area contributed by atoms with Crippen LogP contribution in [0.2, 0.25) is 0 Å². The van der Waals surface area contributed by atoms with E-state index in [0.29, 0.717) is 6.61 Å². The summed E-state index contributed by atoms with van der Waals surface area (Å²) >= 11 is 0. The van der Waals surface area contributed by atoms with E-state index in [1.807, 2.05) is 25.1 Å². The van der Waals surface area contributed by atoms with Gasteiger partial charge in [-0.05, 0) is 50.5 Å². The van der Waals surface area contributed by atoms with E-state index in [1.54, 1.807) is 0 Å². The summed E-state index contributed by atoms with van der Waals surface area (Å²) < 4.78 is 5.70. The zero-order valence-electron chi connectivity index (χ0n) is 12.7. The molecule has 1 aromatic heterocycles. The van der Waals surface area contributed by atoms with Gasteiger partial charge in [0.1, 0.15) is 5.75 Å². The van der Waals surface area contributed by atoms with Gasteiger partial charge < -0.3 is 10.1 Å². The Balaban J connectivity index is 1.83. The van der Waals surface area contributed by atoms with Crippen molar-refractivity contribution in [1.82, 2.24) is 10.3 Å². The Hall–Kier alpha value is -1.87. The van der Waals surface area contributed by atoms with E-state index in [2.05, 4.69) is 30.4 Å². The fourth-order valence-electron chi connectivity index (χ4n) is 2.43. The Bertz CT molecular complexity index is 620. The van der Waals surface area contributed by atoms with Gasteiger partial charge in [0.2, 0.25) is 0 Å². The fourth-order valence-corrected chi connectivity index (χ4v) is 2.43. The highest BCUT2D eigenvalue weighted by molar-refractivity contribution is 5.67. The lowest BCUT2D eigenvalue weighted by Crippen LogP contribution is -2.16. The Morgan fingerprint density at radius 3 is 2.71 bits per heavy atom. The Labute approximate surface area is 126 Å². The van der Waals surface area contributed by atoms with Gasteiger partial charge in [-0.1, -0.05) is 18.2 Å². The van der Waals surface area contributed by atoms with E-state index in [4.69, 9.17) is 9.72 Å². The number of para-hydroxylation sites is 1. The van der Waals surface area contributed by atoms with Crippen molar-refractivity contribution in [3.05, 3.63) is 47.7 Å². The third-order valence-electron chi connectivity index (χ3n) is 3.82. The largest absolute Gasteiger partial charge is 0.493 e. The van der Waals surface area contributed by atoms with Crippen LogP contribution in [0, 0.1) is 6.92 Å². The zero-order chi connectivity index (χ0) is 14.7. The van der Waals surface area contributed by atoms with Gasteiger partial charge in [0.15, 0.2) is 0 Å². The molecule has 1 heterocycles. The molecule has 1 N–H and O–H groups in total. The van der Waals surface area contributed by atoms with Crippen LogP contribution >= 0.6 is 0 Å². The molecule has 21 heavy (non-hydrogen) atoms. The number of pyridine rings is 1. The lowest BCUT2D eigenvalue weighted by molar-refractivity contribution is 0.341. The summed E-state index contributed by atoms with van der Waals surface area (Å²) in [7, 11) is 0. The molecular formula is C18H22N2O. The molecule has 3 heteroatoms. The van der Waals surface area contributed by atoms with E-state index in [1.165, 1.54) is 18.4 Å². The van der Waals surface area contributed by atoms with Gasteiger partial charge >= 0.3 is 0 Å². The maximum atomic E-state index is 5.70. The molecule has 0 amide bonds. The number of ether oxygens (including phenoxy) is 1. The third kappa shape index (κ3) is 3.42. The average Bonchev–Trinajstić information content (AvgIpc) is 3.31. The maximum Gasteiger partial charge on any atom is 0.128 e. The first kappa shape index (κ1) is 14.1. The summed E-state index contributed by atoms with van der Waals surface area (Å²) in [6.45, 7) is 5.66. The number of nitrogens with zero attached hydrogens (tertiary/aromatic N) is 1. The second-order valence-corrected chi connectivity index (χ2v) is 5.53. The topological polar surface area (TPSA) is 34.1 Å². The van der Waals surface area contributed by atoms with Gasteiger partial charge in [0, 0.05) is 23.8 Å². The van der Waals surface area contributed by atoms with Gasteiger partial charge in [-0.3, -0.25) is 4.98 Å². The molecule has 0 atom stereocenters. The van der Waals surface area contributed by atoms with Crippen molar-refractivity contribution in [3.63, 3.8) is 0 Å². The smallest absolute Gasteiger partial charge is 0.128 e. The molecule has 0 radical (unpaired) electrons. The summed E-state index contributed by atoms with van der Waals surface area (Å²) in [6, 6.07) is 13.1. The van der Waals surface area contributed by atoms with E-state index >= 15 is 0 Å². The average molecular weight is 282 g/mol. The predicted octanol–water partition coefficient (Wildman–Crippen LogP) is 3.71. The number of hydrogen-bond acceptors (Lipinski definition) is 3. The van der Waals surface area contributed by atoms with Crippen LogP contribution in [0.5, 0.6) is 5.75 Å². The van der Waals surface area contributed by atoms with Gasteiger partial charge in [-0.25, -0.2) is 0 Å². The summed E-state index contributed by atoms with van der Waals surface area (Å²) in [6.07, 6.45) is 2.62. The fraction of sp³-hybridized carbons (Fsp3) is 0.389. The summed E-state index contributed by atoms with van der Waals surface area (Å²) in [5, 5.41) is 3.54. The highest BCUT2D eigenvalue weighted by atomic mass is 16.5. The molecule has 0 unspecified atom stereocenters. The van der Waals surface area contributed by atoms with Crippen molar-refractivity contribution in [3.8, 4) is 17.0 Å². The van der Waals surface area contributed by atoms with E-state index in [9.17, 15) is 0 Å². The molecule has 2 aromatic rings. The Morgan fingerprint density at radius 2 is 2.00 bits per heavy atom. The van der Waals surface area contributed by atoms with Gasteiger partial charge in [-0.2, -0.15) is 0 Å². The van der Waals surface area contributed by atoms with Crippen LogP contribution in [0.15, 0.2) is 36.4 Å². The lowest BCUT2D eigenvalue weighted by atomic mass is 10.1. The summed E-state index contributed by atoms with van der Waals surface area (Å²) in [5.41, 5.74) is 4.40. The summed E-state index contributed by atoms with van der Waals surface area (Å²) in [4.78, 5) is 4.76. The number of benzene rings is 1. The number of rotatable bonds is 6. The summed E-state index contributed by atoms with van der Waals surface area (Å²) in [5.74, 6) is 0.899. The van der Waals surface area contributed by atoms with Crippen LogP contribution in [0.4, 0.5) is 0 Å². The molecule has 110 valence electrons. The maximum absolute atomic E-state index is 5.70.